The highest BCUT2D eigenvalue weighted by molar-refractivity contribution is 5.69. The molecule has 0 saturated carbocycles. The lowest BCUT2D eigenvalue weighted by Gasteiger charge is -2.07. The molecule has 1 heterocycles. The predicted molar refractivity (Wildman–Crippen MR) is 73.2 cm³/mol. The molecule has 1 aromatic heterocycles. The Balaban J connectivity index is 2.01. The molecule has 0 bridgehead atoms. The number of carbonyl (C=O) groups is 1. The maximum Gasteiger partial charge on any atom is 0.306 e. The molecule has 2 aromatic rings. The van der Waals surface area contributed by atoms with Crippen LogP contribution in [0.5, 0.6) is 0 Å². The molecular formula is C14H18N4O2. The molecule has 6 heteroatoms. The molecule has 1 unspecified atom stereocenters. The summed E-state index contributed by atoms with van der Waals surface area (Å²) in [6.07, 6.45) is 1.16. The highest BCUT2D eigenvalue weighted by atomic mass is 16.4. The van der Waals surface area contributed by atoms with Gasteiger partial charge < -0.3 is 5.11 Å². The normalized spacial score (nSPS) is 12.3. The summed E-state index contributed by atoms with van der Waals surface area (Å²) < 4.78 is 1.68. The smallest absolute Gasteiger partial charge is 0.306 e. The van der Waals surface area contributed by atoms with Gasteiger partial charge in [0.05, 0.1) is 5.92 Å². The summed E-state index contributed by atoms with van der Waals surface area (Å²) in [6.45, 7) is 4.25. The second-order valence-electron chi connectivity index (χ2n) is 5.01. The summed E-state index contributed by atoms with van der Waals surface area (Å²) in [5.74, 6) is -0.434. The summed E-state index contributed by atoms with van der Waals surface area (Å²) in [5.41, 5.74) is 2.35. The third-order valence-electron chi connectivity index (χ3n) is 3.28. The maximum absolute atomic E-state index is 10.8. The Morgan fingerprint density at radius 2 is 2.05 bits per heavy atom. The molecule has 106 valence electrons. The fourth-order valence-electron chi connectivity index (χ4n) is 1.85. The Hall–Kier alpha value is -2.24. The zero-order valence-corrected chi connectivity index (χ0v) is 11.7. The number of hydrogen-bond donors (Lipinski definition) is 1. The van der Waals surface area contributed by atoms with Crippen molar-refractivity contribution >= 4 is 5.97 Å². The number of tetrazole rings is 1. The largest absolute Gasteiger partial charge is 0.481 e. The lowest BCUT2D eigenvalue weighted by molar-refractivity contribution is -0.141. The number of rotatable bonds is 6. The van der Waals surface area contributed by atoms with Gasteiger partial charge in [-0.1, -0.05) is 36.8 Å². The molecule has 20 heavy (non-hydrogen) atoms. The molecule has 1 aromatic carbocycles. The van der Waals surface area contributed by atoms with Crippen LogP contribution in [0.1, 0.15) is 30.3 Å². The minimum atomic E-state index is -0.793. The minimum absolute atomic E-state index is 0.397. The summed E-state index contributed by atoms with van der Waals surface area (Å²) in [6, 6.07) is 8.20. The molecule has 0 saturated heterocycles. The molecule has 6 nitrogen and oxygen atoms in total. The molecule has 0 aliphatic carbocycles. The Morgan fingerprint density at radius 3 is 2.70 bits per heavy atom. The highest BCUT2D eigenvalue weighted by Crippen LogP contribution is 2.10. The number of carboxylic acid groups (broad SMARTS) is 1. The minimum Gasteiger partial charge on any atom is -0.481 e. The van der Waals surface area contributed by atoms with Gasteiger partial charge in [-0.3, -0.25) is 4.79 Å². The standard InChI is InChI=1S/C14H18N4O2/c1-10-3-5-12(6-4-10)9-13-15-16-17-18(13)8-7-11(2)14(19)20/h3-6,11H,7-9H2,1-2H3,(H,19,20). The molecule has 0 fully saturated rings. The summed E-state index contributed by atoms with van der Waals surface area (Å²) in [5, 5.41) is 20.5. The van der Waals surface area contributed by atoms with Crippen LogP contribution < -0.4 is 0 Å². The van der Waals surface area contributed by atoms with Gasteiger partial charge in [-0.25, -0.2) is 4.68 Å². The van der Waals surface area contributed by atoms with Crippen molar-refractivity contribution in [1.82, 2.24) is 20.2 Å². The van der Waals surface area contributed by atoms with Crippen molar-refractivity contribution in [2.75, 3.05) is 0 Å². The SMILES string of the molecule is Cc1ccc(Cc2nnnn2CCC(C)C(=O)O)cc1. The molecular weight excluding hydrogens is 256 g/mol. The number of aromatic nitrogens is 4. The van der Waals surface area contributed by atoms with E-state index in [2.05, 4.69) is 27.7 Å². The predicted octanol–water partition coefficient (Wildman–Crippen LogP) is 1.68. The first-order valence-electron chi connectivity index (χ1n) is 6.59. The highest BCUT2D eigenvalue weighted by Gasteiger charge is 2.13. The van der Waals surface area contributed by atoms with E-state index in [-0.39, 0.29) is 0 Å². The number of hydrogen-bond acceptors (Lipinski definition) is 4. The number of nitrogens with zero attached hydrogens (tertiary/aromatic N) is 4. The molecule has 0 spiro atoms. The van der Waals surface area contributed by atoms with Crippen molar-refractivity contribution in [1.29, 1.82) is 0 Å². The van der Waals surface area contributed by atoms with Crippen molar-refractivity contribution in [2.45, 2.75) is 33.2 Å². The van der Waals surface area contributed by atoms with Crippen molar-refractivity contribution < 1.29 is 9.90 Å². The summed E-state index contributed by atoms with van der Waals surface area (Å²) in [7, 11) is 0. The van der Waals surface area contributed by atoms with E-state index in [1.165, 1.54) is 5.56 Å². The van der Waals surface area contributed by atoms with E-state index in [4.69, 9.17) is 5.11 Å². The van der Waals surface area contributed by atoms with Gasteiger partial charge in [0.15, 0.2) is 5.82 Å². The van der Waals surface area contributed by atoms with E-state index in [0.717, 1.165) is 11.4 Å². The van der Waals surface area contributed by atoms with E-state index < -0.39 is 11.9 Å². The summed E-state index contributed by atoms with van der Waals surface area (Å²) in [4.78, 5) is 10.8. The second-order valence-corrected chi connectivity index (χ2v) is 5.01. The van der Waals surface area contributed by atoms with E-state index >= 15 is 0 Å². The maximum atomic E-state index is 10.8. The van der Waals surface area contributed by atoms with Crippen LogP contribution in [-0.4, -0.2) is 31.3 Å². The molecule has 1 atom stereocenters. The first kappa shape index (κ1) is 14.2. The average Bonchev–Trinajstić information content (AvgIpc) is 2.86. The third kappa shape index (κ3) is 3.63. The number of benzene rings is 1. The zero-order valence-electron chi connectivity index (χ0n) is 11.7. The Morgan fingerprint density at radius 1 is 1.35 bits per heavy atom. The second kappa shape index (κ2) is 6.27. The first-order chi connectivity index (χ1) is 9.56. The van der Waals surface area contributed by atoms with Gasteiger partial charge in [-0.05, 0) is 29.3 Å². The van der Waals surface area contributed by atoms with Crippen LogP contribution in [0, 0.1) is 12.8 Å². The van der Waals surface area contributed by atoms with Gasteiger partial charge >= 0.3 is 5.97 Å². The molecule has 2 rings (SSSR count). The van der Waals surface area contributed by atoms with Crippen LogP contribution in [0.15, 0.2) is 24.3 Å². The monoisotopic (exact) mass is 274 g/mol. The Kier molecular flexibility index (Phi) is 4.45. The van der Waals surface area contributed by atoms with Crippen LogP contribution >= 0.6 is 0 Å². The van der Waals surface area contributed by atoms with E-state index in [1.54, 1.807) is 11.6 Å². The van der Waals surface area contributed by atoms with Crippen LogP contribution in [0.3, 0.4) is 0 Å². The quantitative estimate of drug-likeness (QED) is 0.866. The van der Waals surface area contributed by atoms with Crippen LogP contribution in [-0.2, 0) is 17.8 Å². The molecule has 1 N–H and O–H groups in total. The Bertz CT molecular complexity index is 577. The lowest BCUT2D eigenvalue weighted by Crippen LogP contribution is -2.15. The van der Waals surface area contributed by atoms with E-state index in [1.807, 2.05) is 19.1 Å². The van der Waals surface area contributed by atoms with Gasteiger partial charge in [0.25, 0.3) is 0 Å². The topological polar surface area (TPSA) is 80.9 Å². The molecule has 0 aliphatic rings. The van der Waals surface area contributed by atoms with E-state index in [0.29, 0.717) is 19.4 Å². The number of carboxylic acids is 1. The Labute approximate surface area is 117 Å². The van der Waals surface area contributed by atoms with Gasteiger partial charge in [0, 0.05) is 13.0 Å². The van der Waals surface area contributed by atoms with Crippen molar-refractivity contribution in [3.63, 3.8) is 0 Å². The zero-order chi connectivity index (χ0) is 14.5. The van der Waals surface area contributed by atoms with E-state index in [9.17, 15) is 4.79 Å². The molecule has 0 aliphatic heterocycles. The van der Waals surface area contributed by atoms with Gasteiger partial charge in [0.2, 0.25) is 0 Å². The van der Waals surface area contributed by atoms with Gasteiger partial charge in [0.1, 0.15) is 0 Å². The third-order valence-corrected chi connectivity index (χ3v) is 3.28. The fourth-order valence-corrected chi connectivity index (χ4v) is 1.85. The van der Waals surface area contributed by atoms with Gasteiger partial charge in [-0.2, -0.15) is 0 Å². The summed E-state index contributed by atoms with van der Waals surface area (Å²) >= 11 is 0. The first-order valence-corrected chi connectivity index (χ1v) is 6.59. The fraction of sp³-hybridized carbons (Fsp3) is 0.429. The van der Waals surface area contributed by atoms with Gasteiger partial charge in [-0.15, -0.1) is 5.10 Å². The number of aliphatic carboxylic acids is 1. The van der Waals surface area contributed by atoms with Crippen LogP contribution in [0.25, 0.3) is 0 Å². The molecule has 0 amide bonds. The average molecular weight is 274 g/mol. The van der Waals surface area contributed by atoms with Crippen molar-refractivity contribution in [3.05, 3.63) is 41.2 Å². The number of aryl methyl sites for hydroxylation is 2. The molecule has 0 radical (unpaired) electrons. The van der Waals surface area contributed by atoms with Crippen molar-refractivity contribution in [3.8, 4) is 0 Å². The van der Waals surface area contributed by atoms with Crippen LogP contribution in [0.4, 0.5) is 0 Å². The van der Waals surface area contributed by atoms with Crippen LogP contribution in [0.2, 0.25) is 0 Å². The lowest BCUT2D eigenvalue weighted by atomic mass is 10.1. The van der Waals surface area contributed by atoms with Crippen molar-refractivity contribution in [2.24, 2.45) is 5.92 Å².